The summed E-state index contributed by atoms with van der Waals surface area (Å²) < 4.78 is 5.42. The van der Waals surface area contributed by atoms with E-state index in [9.17, 15) is 57.8 Å². The van der Waals surface area contributed by atoms with Gasteiger partial charge in [0.2, 0.25) is 59.6 Å². The van der Waals surface area contributed by atoms with Crippen molar-refractivity contribution in [2.45, 2.75) is 107 Å². The molecule has 1 fully saturated rings. The zero-order valence-electron chi connectivity index (χ0n) is 38.6. The second-order valence-electron chi connectivity index (χ2n) is 16.9. The highest BCUT2D eigenvalue weighted by atomic mass is 32.2. The maximum atomic E-state index is 14.6. The van der Waals surface area contributed by atoms with E-state index >= 15 is 0 Å². The molecule has 69 heavy (non-hydrogen) atoms. The van der Waals surface area contributed by atoms with Crippen LogP contribution in [0.25, 0.3) is 10.9 Å². The molecule has 4 heterocycles. The molecule has 27 heteroatoms. The smallest absolute Gasteiger partial charge is 0.407 e. The highest BCUT2D eigenvalue weighted by Crippen LogP contribution is 2.37. The fourth-order valence-electron chi connectivity index (χ4n) is 7.96. The zero-order valence-corrected chi connectivity index (χ0v) is 39.4. The van der Waals surface area contributed by atoms with Crippen molar-refractivity contribution in [3.05, 3.63) is 17.7 Å². The first-order chi connectivity index (χ1) is 32.8. The normalized spacial score (nSPS) is 25.5. The first-order valence-corrected chi connectivity index (χ1v) is 23.3. The van der Waals surface area contributed by atoms with E-state index in [1.165, 1.54) is 19.2 Å². The first-order valence-electron chi connectivity index (χ1n) is 22.3. The summed E-state index contributed by atoms with van der Waals surface area (Å²) in [6.07, 6.45) is -2.64. The van der Waals surface area contributed by atoms with Gasteiger partial charge in [0, 0.05) is 43.6 Å². The number of rotatable bonds is 10. The Balaban J connectivity index is 1.75. The van der Waals surface area contributed by atoms with Crippen molar-refractivity contribution in [3.8, 4) is 5.75 Å². The minimum atomic E-state index is -1.73. The van der Waals surface area contributed by atoms with E-state index in [2.05, 4.69) is 58.4 Å². The van der Waals surface area contributed by atoms with Gasteiger partial charge in [0.25, 0.3) is 0 Å². The van der Waals surface area contributed by atoms with Gasteiger partial charge in [-0.25, -0.2) is 10.2 Å². The van der Waals surface area contributed by atoms with E-state index in [1.807, 2.05) is 0 Å². The van der Waals surface area contributed by atoms with Gasteiger partial charge in [0.05, 0.1) is 41.8 Å². The average Bonchev–Trinajstić information content (AvgIpc) is 3.86. The monoisotopic (exact) mass is 985 g/mol. The van der Waals surface area contributed by atoms with Crippen molar-refractivity contribution in [1.29, 1.82) is 0 Å². The second kappa shape index (κ2) is 23.8. The van der Waals surface area contributed by atoms with Crippen LogP contribution >= 0.6 is 11.8 Å². The van der Waals surface area contributed by atoms with Crippen LogP contribution in [0.1, 0.15) is 58.9 Å². The lowest BCUT2D eigenvalue weighted by Gasteiger charge is -2.32. The van der Waals surface area contributed by atoms with Crippen LogP contribution in [0.15, 0.2) is 17.2 Å². The number of amides is 11. The lowest BCUT2D eigenvalue weighted by molar-refractivity contribution is -0.143. The Hall–Kier alpha value is -7.00. The van der Waals surface area contributed by atoms with Gasteiger partial charge >= 0.3 is 6.09 Å². The van der Waals surface area contributed by atoms with Crippen LogP contribution in [-0.4, -0.2) is 155 Å². The van der Waals surface area contributed by atoms with Crippen molar-refractivity contribution >= 4 is 94.0 Å². The molecule has 0 radical (unpaired) electrons. The van der Waals surface area contributed by atoms with Crippen LogP contribution < -0.4 is 63.9 Å². The summed E-state index contributed by atoms with van der Waals surface area (Å²) in [7, 11) is 1.41. The SMILES string of the molecule is CCC(C)[C@@H]1NC(=O)[C@@H]2C[C@@H](O)CN2C(=O)[C@H](CC(N)=O)NC(=O)[C@@H]2CSc3[nH]c4cc(OC(=O)NNC)c(NC=O)cc4c3C[C@H](NC1=O)C(=O)NCC(=O)N[C@@H]([C@@H](C)CC)C(=O)NCC(=O)N2. The Morgan fingerprint density at radius 1 is 0.870 bits per heavy atom. The minimum absolute atomic E-state index is 0.0237. The number of aromatic nitrogens is 1. The number of carbonyl (C=O) groups excluding carboxylic acids is 11. The number of hydrogen-bond acceptors (Lipinski definition) is 15. The van der Waals surface area contributed by atoms with Gasteiger partial charge in [-0.3, -0.25) is 53.4 Å². The van der Waals surface area contributed by atoms with Gasteiger partial charge in [-0.1, -0.05) is 40.5 Å². The summed E-state index contributed by atoms with van der Waals surface area (Å²) in [5, 5.41) is 31.7. The summed E-state index contributed by atoms with van der Waals surface area (Å²) in [5.74, 6) is -9.75. The van der Waals surface area contributed by atoms with Crippen LogP contribution in [-0.2, 0) is 54.4 Å². The number of fused-ring (bicyclic) bond motifs is 5. The topological polar surface area (TPSA) is 383 Å². The fourth-order valence-corrected chi connectivity index (χ4v) is 9.08. The number of aliphatic hydroxyl groups excluding tert-OH is 1. The predicted molar refractivity (Wildman–Crippen MR) is 245 cm³/mol. The highest BCUT2D eigenvalue weighted by Gasteiger charge is 2.44. The summed E-state index contributed by atoms with van der Waals surface area (Å²) in [6.45, 7) is 5.04. The number of ether oxygens (including phenoxy) is 1. The molecule has 0 aliphatic carbocycles. The lowest BCUT2D eigenvalue weighted by atomic mass is 9.96. The quantitative estimate of drug-likeness (QED) is 0.0802. The number of nitrogens with two attached hydrogens (primary N) is 1. The van der Waals surface area contributed by atoms with Crippen molar-refractivity contribution in [2.24, 2.45) is 17.6 Å². The largest absolute Gasteiger partial charge is 0.427 e. The number of aliphatic hydroxyl groups is 1. The number of carbonyl (C=O) groups is 11. The maximum absolute atomic E-state index is 14.6. The third kappa shape index (κ3) is 13.4. The predicted octanol–water partition coefficient (Wildman–Crippen LogP) is -3.79. The van der Waals surface area contributed by atoms with Crippen molar-refractivity contribution in [1.82, 2.24) is 58.0 Å². The third-order valence-corrected chi connectivity index (χ3v) is 13.2. The summed E-state index contributed by atoms with van der Waals surface area (Å²) in [4.78, 5) is 153. The third-order valence-electron chi connectivity index (χ3n) is 12.0. The molecule has 1 saturated heterocycles. The molecule has 3 aliphatic heterocycles. The van der Waals surface area contributed by atoms with Crippen molar-refractivity contribution < 1.29 is 62.6 Å². The molecule has 26 nitrogen and oxygen atoms in total. The molecule has 3 aliphatic rings. The number of aromatic amines is 1. The number of H-pyrrole nitrogens is 1. The van der Waals surface area contributed by atoms with Gasteiger partial charge in [-0.15, -0.1) is 11.8 Å². The van der Waals surface area contributed by atoms with E-state index in [0.29, 0.717) is 24.6 Å². The van der Waals surface area contributed by atoms with Crippen LogP contribution in [0.2, 0.25) is 0 Å². The van der Waals surface area contributed by atoms with Crippen molar-refractivity contribution in [3.63, 3.8) is 0 Å². The van der Waals surface area contributed by atoms with E-state index in [0.717, 1.165) is 16.7 Å². The summed E-state index contributed by atoms with van der Waals surface area (Å²) in [6, 6.07) is -6.10. The molecule has 0 saturated carbocycles. The highest BCUT2D eigenvalue weighted by molar-refractivity contribution is 7.99. The number of primary amides is 1. The van der Waals surface area contributed by atoms with Crippen molar-refractivity contribution in [2.75, 3.05) is 37.8 Å². The Bertz CT molecular complexity index is 2350. The molecule has 5 rings (SSSR count). The Morgan fingerprint density at radius 2 is 1.52 bits per heavy atom. The number of anilines is 1. The summed E-state index contributed by atoms with van der Waals surface area (Å²) >= 11 is 0.910. The number of hydrazine groups is 1. The molecule has 0 spiro atoms. The van der Waals surface area contributed by atoms with Gasteiger partial charge in [0.1, 0.15) is 36.3 Å². The van der Waals surface area contributed by atoms with Crippen LogP contribution in [0.4, 0.5) is 10.5 Å². The van der Waals surface area contributed by atoms with Gasteiger partial charge < -0.3 is 68.0 Å². The number of nitrogens with one attached hydrogen (secondary N) is 11. The van der Waals surface area contributed by atoms with Crippen LogP contribution in [0.3, 0.4) is 0 Å². The molecule has 376 valence electrons. The molecule has 1 aromatic carbocycles. The average molecular weight is 986 g/mol. The molecule has 11 amide bonds. The number of nitrogens with zero attached hydrogens (tertiary/aromatic N) is 1. The number of thioether (sulfide) groups is 1. The molecule has 14 N–H and O–H groups in total. The summed E-state index contributed by atoms with van der Waals surface area (Å²) in [5.41, 5.74) is 10.7. The van der Waals surface area contributed by atoms with Gasteiger partial charge in [-0.05, 0) is 23.5 Å². The molecule has 1 unspecified atom stereocenters. The fraction of sp³-hybridized carbons (Fsp3) is 0.548. The first kappa shape index (κ1) is 53.0. The van der Waals surface area contributed by atoms with E-state index in [-0.39, 0.29) is 46.1 Å². The Labute approximate surface area is 399 Å². The Morgan fingerprint density at radius 3 is 2.16 bits per heavy atom. The lowest BCUT2D eigenvalue weighted by Crippen LogP contribution is -2.61. The van der Waals surface area contributed by atoms with E-state index in [4.69, 9.17) is 10.5 Å². The molecule has 2 aromatic rings. The van der Waals surface area contributed by atoms with Gasteiger partial charge in [-0.2, -0.15) is 0 Å². The zero-order chi connectivity index (χ0) is 50.7. The van der Waals surface area contributed by atoms with Crippen LogP contribution in [0, 0.1) is 11.8 Å². The van der Waals surface area contributed by atoms with Crippen LogP contribution in [0.5, 0.6) is 5.75 Å². The van der Waals surface area contributed by atoms with E-state index < -0.39 is 140 Å². The second-order valence-corrected chi connectivity index (χ2v) is 17.9. The van der Waals surface area contributed by atoms with E-state index in [1.54, 1.807) is 27.7 Å². The molecule has 9 atom stereocenters. The molecular formula is C42H59N13O13S. The molecule has 2 bridgehead atoms. The number of hydrogen-bond donors (Lipinski definition) is 13. The Kier molecular flexibility index (Phi) is 18.3. The molecule has 1 aromatic heterocycles. The standard InChI is InChI=1S/C42H59N13O13S/c1-6-18(3)33-38(64)46-13-31(59)48-27-16-69-40-22(21-9-24(47-17-56)29(11-23(21)51-40)68-42(67)54-44-5)10-25(35(61)45-14-32(60)52-33)49-39(65)34(19(4)7-2)53-37(63)28-8-20(57)15-55(28)41(66)26(12-30(43)58)50-36(27)62/h9,11,17-20,25-28,33-34,44,51,57H,6-8,10,12-16H2,1-5H3,(H2,43,58)(H,45,61)(H,46,64)(H,47,56)(H,48,59)(H,49,65)(H,50,62)(H,52,60)(H,53,63)(H,54,67)/t18-,19?,20+,25-,26-,27-,28-,33-,34-/m0/s1. The van der Waals surface area contributed by atoms with Gasteiger partial charge in [0.15, 0.2) is 5.75 Å². The maximum Gasteiger partial charge on any atom is 0.427 e. The number of benzene rings is 1. The minimum Gasteiger partial charge on any atom is -0.407 e. The molecular weight excluding hydrogens is 927 g/mol.